The lowest BCUT2D eigenvalue weighted by Crippen LogP contribution is -2.39. The maximum atomic E-state index is 13.2. The van der Waals surface area contributed by atoms with Gasteiger partial charge in [0, 0.05) is 62.5 Å². The van der Waals surface area contributed by atoms with Gasteiger partial charge in [-0.2, -0.15) is 5.10 Å². The minimum atomic E-state index is 0.105. The Kier molecular flexibility index (Phi) is 8.22. The number of benzene rings is 3. The Morgan fingerprint density at radius 2 is 1.72 bits per heavy atom. The molecule has 202 valence electrons. The zero-order chi connectivity index (χ0) is 27.4. The minimum absolute atomic E-state index is 0.105. The van der Waals surface area contributed by atoms with Crippen LogP contribution in [0.2, 0.25) is 0 Å². The lowest BCUT2D eigenvalue weighted by Gasteiger charge is -2.32. The number of piperidine rings is 1. The van der Waals surface area contributed by atoms with Crippen molar-refractivity contribution in [1.82, 2.24) is 14.7 Å². The van der Waals surface area contributed by atoms with Gasteiger partial charge >= 0.3 is 0 Å². The van der Waals surface area contributed by atoms with E-state index in [1.807, 2.05) is 65.0 Å². The second-order valence-corrected chi connectivity index (χ2v) is 10.7. The molecule has 1 aliphatic heterocycles. The molecule has 1 saturated heterocycles. The maximum absolute atomic E-state index is 13.2. The van der Waals surface area contributed by atoms with Crippen LogP contribution in [0.4, 0.5) is 0 Å². The van der Waals surface area contributed by atoms with E-state index in [2.05, 4.69) is 25.3 Å². The van der Waals surface area contributed by atoms with Crippen molar-refractivity contribution >= 4 is 22.6 Å². The number of methoxy groups -OCH3 is 1. The van der Waals surface area contributed by atoms with Crippen molar-refractivity contribution in [3.8, 4) is 11.1 Å². The number of hydrogen-bond acceptors (Lipinski definition) is 4. The summed E-state index contributed by atoms with van der Waals surface area (Å²) in [5.74, 6) is 0.719. The lowest BCUT2D eigenvalue weighted by atomic mass is 9.95. The molecular formula is C33H37N3O3. The van der Waals surface area contributed by atoms with Gasteiger partial charge in [-0.15, -0.1) is 0 Å². The molecule has 2 heterocycles. The summed E-state index contributed by atoms with van der Waals surface area (Å²) in [7, 11) is 1.66. The molecule has 1 aliphatic rings. The summed E-state index contributed by atoms with van der Waals surface area (Å²) in [6.45, 7) is 7.03. The second-order valence-electron chi connectivity index (χ2n) is 10.7. The number of rotatable bonds is 9. The summed E-state index contributed by atoms with van der Waals surface area (Å²) >= 11 is 0. The van der Waals surface area contributed by atoms with E-state index in [0.717, 1.165) is 72.1 Å². The maximum Gasteiger partial charge on any atom is 0.253 e. The number of nitrogens with zero attached hydrogens (tertiary/aromatic N) is 3. The van der Waals surface area contributed by atoms with Crippen LogP contribution in [0.3, 0.4) is 0 Å². The minimum Gasteiger partial charge on any atom is -0.385 e. The predicted octanol–water partition coefficient (Wildman–Crippen LogP) is 6.48. The number of ether oxygens (including phenoxy) is 1. The largest absolute Gasteiger partial charge is 0.385 e. The van der Waals surface area contributed by atoms with Crippen LogP contribution in [0.5, 0.6) is 0 Å². The summed E-state index contributed by atoms with van der Waals surface area (Å²) in [5, 5.41) is 5.83. The quantitative estimate of drug-likeness (QED) is 0.186. The molecule has 3 aromatic carbocycles. The number of ketones is 1. The van der Waals surface area contributed by atoms with E-state index in [9.17, 15) is 9.59 Å². The fourth-order valence-corrected chi connectivity index (χ4v) is 5.64. The molecule has 0 saturated carbocycles. The van der Waals surface area contributed by atoms with Crippen molar-refractivity contribution < 1.29 is 14.3 Å². The molecule has 1 aromatic heterocycles. The second kappa shape index (κ2) is 12.0. The van der Waals surface area contributed by atoms with Crippen molar-refractivity contribution in [1.29, 1.82) is 0 Å². The van der Waals surface area contributed by atoms with E-state index in [1.54, 1.807) is 7.11 Å². The lowest BCUT2D eigenvalue weighted by molar-refractivity contribution is 0.0681. The molecule has 0 unspecified atom stereocenters. The molecule has 6 heteroatoms. The van der Waals surface area contributed by atoms with Crippen LogP contribution in [-0.4, -0.2) is 53.2 Å². The molecule has 39 heavy (non-hydrogen) atoms. The highest BCUT2D eigenvalue weighted by molar-refractivity contribution is 6.01. The number of carbonyl (C=O) groups is 2. The number of Topliss-reactive ketones (excluding diaryl/α,β-unsaturated/α-hetero) is 1. The summed E-state index contributed by atoms with van der Waals surface area (Å²) in [5.41, 5.74) is 6.99. The Balaban J connectivity index is 1.18. The molecule has 1 amide bonds. The monoisotopic (exact) mass is 523 g/mol. The van der Waals surface area contributed by atoms with Crippen molar-refractivity contribution in [2.45, 2.75) is 46.1 Å². The standard InChI is InChI=1S/C33H37N3O3/c1-23-7-4-5-8-28(23)26-10-12-27(13-11-26)33(38)35-18-16-25(17-19-35)21-36-22-30-24(2)29(14-15-31(30)34-36)32(37)9-6-20-39-3/h4-5,7-8,10-15,22,25H,6,9,16-21H2,1-3H3. The molecule has 6 nitrogen and oxygen atoms in total. The Morgan fingerprint density at radius 1 is 0.974 bits per heavy atom. The van der Waals surface area contributed by atoms with E-state index in [0.29, 0.717) is 18.9 Å². The van der Waals surface area contributed by atoms with Crippen LogP contribution < -0.4 is 0 Å². The Labute approximate surface area is 230 Å². The SMILES string of the molecule is COCCCC(=O)c1ccc2nn(CC3CCN(C(=O)c4ccc(-c5ccccc5C)cc4)CC3)cc2c1C. The van der Waals surface area contributed by atoms with Gasteiger partial charge in [-0.25, -0.2) is 0 Å². The van der Waals surface area contributed by atoms with Crippen LogP contribution in [0.15, 0.2) is 66.9 Å². The van der Waals surface area contributed by atoms with Gasteiger partial charge in [0.2, 0.25) is 0 Å². The first kappa shape index (κ1) is 26.8. The van der Waals surface area contributed by atoms with Crippen LogP contribution in [0.25, 0.3) is 22.0 Å². The van der Waals surface area contributed by atoms with Gasteiger partial charge in [0.1, 0.15) is 0 Å². The van der Waals surface area contributed by atoms with Gasteiger partial charge in [-0.1, -0.05) is 36.4 Å². The van der Waals surface area contributed by atoms with E-state index >= 15 is 0 Å². The summed E-state index contributed by atoms with van der Waals surface area (Å²) in [6.07, 6.45) is 5.19. The van der Waals surface area contributed by atoms with Crippen molar-refractivity contribution in [2.75, 3.05) is 26.8 Å². The van der Waals surface area contributed by atoms with Crippen LogP contribution in [0, 0.1) is 19.8 Å². The molecule has 0 radical (unpaired) electrons. The first-order chi connectivity index (χ1) is 18.9. The van der Waals surface area contributed by atoms with Gasteiger partial charge in [0.15, 0.2) is 5.78 Å². The fraction of sp³-hybridized carbons (Fsp3) is 0.364. The number of fused-ring (bicyclic) bond motifs is 1. The van der Waals surface area contributed by atoms with Crippen molar-refractivity contribution in [3.63, 3.8) is 0 Å². The third-order valence-corrected chi connectivity index (χ3v) is 7.99. The highest BCUT2D eigenvalue weighted by Crippen LogP contribution is 2.27. The summed E-state index contributed by atoms with van der Waals surface area (Å²) < 4.78 is 7.10. The molecule has 0 bridgehead atoms. The molecule has 0 atom stereocenters. The topological polar surface area (TPSA) is 64.4 Å². The van der Waals surface area contributed by atoms with E-state index in [-0.39, 0.29) is 11.7 Å². The smallest absolute Gasteiger partial charge is 0.253 e. The highest BCUT2D eigenvalue weighted by atomic mass is 16.5. The molecule has 1 fully saturated rings. The average Bonchev–Trinajstić information content (AvgIpc) is 3.37. The Morgan fingerprint density at radius 3 is 2.44 bits per heavy atom. The van der Waals surface area contributed by atoms with Crippen molar-refractivity contribution in [2.24, 2.45) is 5.92 Å². The zero-order valence-corrected chi connectivity index (χ0v) is 23.2. The van der Waals surface area contributed by atoms with Gasteiger partial charge in [-0.3, -0.25) is 14.3 Å². The number of aryl methyl sites for hydroxylation is 2. The van der Waals surface area contributed by atoms with Crippen LogP contribution >= 0.6 is 0 Å². The number of amides is 1. The Hall–Kier alpha value is -3.77. The number of aromatic nitrogens is 2. The molecule has 5 rings (SSSR count). The van der Waals surface area contributed by atoms with Crippen LogP contribution in [0.1, 0.15) is 57.5 Å². The first-order valence-corrected chi connectivity index (χ1v) is 13.9. The fourth-order valence-electron chi connectivity index (χ4n) is 5.64. The third-order valence-electron chi connectivity index (χ3n) is 7.99. The normalized spacial score (nSPS) is 14.2. The summed E-state index contributed by atoms with van der Waals surface area (Å²) in [4.78, 5) is 27.8. The number of likely N-dealkylation sites (tertiary alicyclic amines) is 1. The molecular weight excluding hydrogens is 486 g/mol. The van der Waals surface area contributed by atoms with Gasteiger partial charge in [0.25, 0.3) is 5.91 Å². The van der Waals surface area contributed by atoms with E-state index < -0.39 is 0 Å². The van der Waals surface area contributed by atoms with E-state index in [4.69, 9.17) is 9.84 Å². The molecule has 4 aromatic rings. The highest BCUT2D eigenvalue weighted by Gasteiger charge is 2.24. The molecule has 0 aliphatic carbocycles. The predicted molar refractivity (Wildman–Crippen MR) is 155 cm³/mol. The Bertz CT molecular complexity index is 1460. The molecule has 0 spiro atoms. The molecule has 0 N–H and O–H groups in total. The third kappa shape index (κ3) is 5.96. The van der Waals surface area contributed by atoms with E-state index in [1.165, 1.54) is 11.1 Å². The van der Waals surface area contributed by atoms with Crippen molar-refractivity contribution in [3.05, 3.63) is 89.1 Å². The van der Waals surface area contributed by atoms with Gasteiger partial charge in [-0.05, 0) is 85.5 Å². The first-order valence-electron chi connectivity index (χ1n) is 13.9. The average molecular weight is 524 g/mol. The number of hydrogen-bond donors (Lipinski definition) is 0. The van der Waals surface area contributed by atoms with Crippen LogP contribution in [-0.2, 0) is 11.3 Å². The zero-order valence-electron chi connectivity index (χ0n) is 23.2. The van der Waals surface area contributed by atoms with Gasteiger partial charge in [0.05, 0.1) is 5.52 Å². The summed E-state index contributed by atoms with van der Waals surface area (Å²) in [6, 6.07) is 20.2. The number of carbonyl (C=O) groups excluding carboxylic acids is 2. The van der Waals surface area contributed by atoms with Gasteiger partial charge < -0.3 is 9.64 Å².